The lowest BCUT2D eigenvalue weighted by Crippen LogP contribution is -2.35. The number of benzene rings is 1. The zero-order valence-corrected chi connectivity index (χ0v) is 12.4. The Morgan fingerprint density at radius 2 is 1.62 bits per heavy atom. The van der Waals surface area contributed by atoms with Gasteiger partial charge in [-0.15, -0.1) is 0 Å². The number of fused-ring (bicyclic) bond motifs is 1. The van der Waals surface area contributed by atoms with E-state index in [0.29, 0.717) is 10.6 Å². The number of rotatable bonds is 3. The molecule has 1 aromatic carbocycles. The average molecular weight is 308 g/mol. The zero-order valence-electron chi connectivity index (χ0n) is 11.7. The number of hydrogen-bond donors (Lipinski definition) is 1. The fourth-order valence-corrected chi connectivity index (χ4v) is 3.50. The zero-order chi connectivity index (χ0) is 15.0. The third-order valence-electron chi connectivity index (χ3n) is 4.54. The molecule has 1 heterocycles. The highest BCUT2D eigenvalue weighted by Crippen LogP contribution is 2.38. The first-order valence-electron chi connectivity index (χ1n) is 7.36. The van der Waals surface area contributed by atoms with E-state index in [0.717, 1.165) is 25.7 Å². The summed E-state index contributed by atoms with van der Waals surface area (Å²) in [4.78, 5) is 25.9. The molecular weight excluding hydrogens is 290 g/mol. The molecule has 2 amide bonds. The maximum atomic E-state index is 12.3. The number of β-amino-alcohol motifs (C(OH)–C–C–N with tert-alkyl or cyclic N) is 1. The standard InChI is InChI=1S/C16H18ClNO3/c17-11-7-5-10(6-8-11)14(19)9-18-15(20)12-3-1-2-4-13(12)16(18)21/h5-8,12-14,19H,1-4,9H2/t12-,13-,14+/m1/s1. The van der Waals surface area contributed by atoms with Crippen LogP contribution in [0, 0.1) is 11.8 Å². The van der Waals surface area contributed by atoms with Gasteiger partial charge < -0.3 is 5.11 Å². The van der Waals surface area contributed by atoms with Gasteiger partial charge in [0.25, 0.3) is 0 Å². The number of carbonyl (C=O) groups is 2. The molecule has 5 heteroatoms. The fourth-order valence-electron chi connectivity index (χ4n) is 3.37. The van der Waals surface area contributed by atoms with Crippen molar-refractivity contribution >= 4 is 23.4 Å². The van der Waals surface area contributed by atoms with Crippen LogP contribution in [0.1, 0.15) is 37.4 Å². The van der Waals surface area contributed by atoms with E-state index in [2.05, 4.69) is 0 Å². The Labute approximate surface area is 128 Å². The molecule has 0 bridgehead atoms. The Balaban J connectivity index is 1.73. The monoisotopic (exact) mass is 307 g/mol. The molecule has 1 saturated carbocycles. The van der Waals surface area contributed by atoms with Crippen LogP contribution >= 0.6 is 11.6 Å². The molecule has 3 atom stereocenters. The summed E-state index contributed by atoms with van der Waals surface area (Å²) >= 11 is 5.82. The maximum absolute atomic E-state index is 12.3. The molecule has 0 spiro atoms. The molecule has 21 heavy (non-hydrogen) atoms. The first-order valence-corrected chi connectivity index (χ1v) is 7.74. The average Bonchev–Trinajstić information content (AvgIpc) is 2.73. The maximum Gasteiger partial charge on any atom is 0.233 e. The van der Waals surface area contributed by atoms with E-state index in [4.69, 9.17) is 11.6 Å². The number of imide groups is 1. The molecule has 112 valence electrons. The van der Waals surface area contributed by atoms with Crippen LogP contribution in [0.2, 0.25) is 5.02 Å². The number of nitrogens with zero attached hydrogens (tertiary/aromatic N) is 1. The highest BCUT2D eigenvalue weighted by molar-refractivity contribution is 6.30. The molecule has 3 rings (SSSR count). The van der Waals surface area contributed by atoms with Gasteiger partial charge in [0, 0.05) is 5.02 Å². The predicted octanol–water partition coefficient (Wildman–Crippen LogP) is 2.55. The van der Waals surface area contributed by atoms with Crippen molar-refractivity contribution in [2.24, 2.45) is 11.8 Å². The summed E-state index contributed by atoms with van der Waals surface area (Å²) in [6.07, 6.45) is 2.74. The summed E-state index contributed by atoms with van der Waals surface area (Å²) in [5.41, 5.74) is 0.662. The first-order chi connectivity index (χ1) is 10.1. The number of amides is 2. The Hall–Kier alpha value is -1.39. The minimum Gasteiger partial charge on any atom is -0.387 e. The van der Waals surface area contributed by atoms with Gasteiger partial charge in [-0.25, -0.2) is 0 Å². The van der Waals surface area contributed by atoms with Crippen LogP contribution in [0.3, 0.4) is 0 Å². The molecule has 2 fully saturated rings. The smallest absolute Gasteiger partial charge is 0.233 e. The van der Waals surface area contributed by atoms with Gasteiger partial charge in [0.15, 0.2) is 0 Å². The molecular formula is C16H18ClNO3. The van der Waals surface area contributed by atoms with Crippen molar-refractivity contribution in [3.05, 3.63) is 34.9 Å². The second-order valence-electron chi connectivity index (χ2n) is 5.85. The van der Waals surface area contributed by atoms with Gasteiger partial charge in [0.05, 0.1) is 24.5 Å². The van der Waals surface area contributed by atoms with Gasteiger partial charge in [-0.1, -0.05) is 36.6 Å². The summed E-state index contributed by atoms with van der Waals surface area (Å²) in [6.45, 7) is 0.0340. The lowest BCUT2D eigenvalue weighted by Gasteiger charge is -2.19. The summed E-state index contributed by atoms with van der Waals surface area (Å²) in [6, 6.07) is 6.80. The molecule has 1 N–H and O–H groups in total. The third kappa shape index (κ3) is 2.70. The van der Waals surface area contributed by atoms with Crippen LogP contribution < -0.4 is 0 Å². The van der Waals surface area contributed by atoms with E-state index in [-0.39, 0.29) is 30.2 Å². The van der Waals surface area contributed by atoms with Crippen LogP contribution in [0.4, 0.5) is 0 Å². The van der Waals surface area contributed by atoms with Gasteiger partial charge in [0.2, 0.25) is 11.8 Å². The molecule has 1 saturated heterocycles. The number of likely N-dealkylation sites (tertiary alicyclic amines) is 1. The molecule has 2 aliphatic rings. The van der Waals surface area contributed by atoms with Gasteiger partial charge in [-0.05, 0) is 30.5 Å². The summed E-state index contributed by atoms with van der Waals surface area (Å²) in [5.74, 6) is -0.553. The fraction of sp³-hybridized carbons (Fsp3) is 0.500. The van der Waals surface area contributed by atoms with Crippen LogP contribution in [-0.2, 0) is 9.59 Å². The van der Waals surface area contributed by atoms with Crippen molar-refractivity contribution in [3.8, 4) is 0 Å². The van der Waals surface area contributed by atoms with Gasteiger partial charge in [-0.3, -0.25) is 14.5 Å². The summed E-state index contributed by atoms with van der Waals surface area (Å²) in [7, 11) is 0. The highest BCUT2D eigenvalue weighted by Gasteiger charge is 2.48. The van der Waals surface area contributed by atoms with Crippen LogP contribution in [0.5, 0.6) is 0 Å². The molecule has 4 nitrogen and oxygen atoms in total. The van der Waals surface area contributed by atoms with Crippen molar-refractivity contribution in [2.45, 2.75) is 31.8 Å². The van der Waals surface area contributed by atoms with Gasteiger partial charge >= 0.3 is 0 Å². The molecule has 0 aromatic heterocycles. The van der Waals surface area contributed by atoms with E-state index in [1.807, 2.05) is 0 Å². The molecule has 1 aliphatic heterocycles. The topological polar surface area (TPSA) is 57.6 Å². The van der Waals surface area contributed by atoms with Crippen molar-refractivity contribution in [1.82, 2.24) is 4.90 Å². The van der Waals surface area contributed by atoms with Crippen molar-refractivity contribution in [1.29, 1.82) is 0 Å². The highest BCUT2D eigenvalue weighted by atomic mass is 35.5. The number of carbonyl (C=O) groups excluding carboxylic acids is 2. The normalized spacial score (nSPS) is 26.9. The third-order valence-corrected chi connectivity index (χ3v) is 4.79. The number of hydrogen-bond acceptors (Lipinski definition) is 3. The SMILES string of the molecule is O=C1[C@@H]2CCCC[C@H]2C(=O)N1C[C@H](O)c1ccc(Cl)cc1. The second-order valence-corrected chi connectivity index (χ2v) is 6.29. The lowest BCUT2D eigenvalue weighted by molar-refractivity contribution is -0.141. The first kappa shape index (κ1) is 14.5. The van der Waals surface area contributed by atoms with Crippen molar-refractivity contribution in [2.75, 3.05) is 6.54 Å². The van der Waals surface area contributed by atoms with Gasteiger partial charge in [-0.2, -0.15) is 0 Å². The Morgan fingerprint density at radius 3 is 2.14 bits per heavy atom. The summed E-state index contributed by atoms with van der Waals surface area (Å²) in [5, 5.41) is 10.8. The van der Waals surface area contributed by atoms with E-state index < -0.39 is 6.10 Å². The van der Waals surface area contributed by atoms with Gasteiger partial charge in [0.1, 0.15) is 0 Å². The van der Waals surface area contributed by atoms with Crippen molar-refractivity contribution in [3.63, 3.8) is 0 Å². The number of halogens is 1. The Morgan fingerprint density at radius 1 is 1.10 bits per heavy atom. The summed E-state index contributed by atoms with van der Waals surface area (Å²) < 4.78 is 0. The van der Waals surface area contributed by atoms with Crippen LogP contribution in [0.15, 0.2) is 24.3 Å². The Kier molecular flexibility index (Phi) is 4.00. The Bertz CT molecular complexity index is 533. The van der Waals surface area contributed by atoms with E-state index in [1.54, 1.807) is 24.3 Å². The lowest BCUT2D eigenvalue weighted by atomic mass is 9.81. The van der Waals surface area contributed by atoms with E-state index >= 15 is 0 Å². The number of aliphatic hydroxyl groups is 1. The molecule has 1 aromatic rings. The van der Waals surface area contributed by atoms with Crippen LogP contribution in [-0.4, -0.2) is 28.4 Å². The number of aliphatic hydroxyl groups excluding tert-OH is 1. The predicted molar refractivity (Wildman–Crippen MR) is 78.6 cm³/mol. The minimum atomic E-state index is -0.865. The molecule has 0 unspecified atom stereocenters. The van der Waals surface area contributed by atoms with Crippen molar-refractivity contribution < 1.29 is 14.7 Å². The van der Waals surface area contributed by atoms with E-state index in [1.165, 1.54) is 4.90 Å². The largest absolute Gasteiger partial charge is 0.387 e. The minimum absolute atomic E-state index is 0.0340. The quantitative estimate of drug-likeness (QED) is 0.873. The molecule has 1 aliphatic carbocycles. The second kappa shape index (κ2) is 5.78. The van der Waals surface area contributed by atoms with Crippen LogP contribution in [0.25, 0.3) is 0 Å². The molecule has 0 radical (unpaired) electrons. The van der Waals surface area contributed by atoms with E-state index in [9.17, 15) is 14.7 Å².